The van der Waals surface area contributed by atoms with Gasteiger partial charge in [0.15, 0.2) is 0 Å². The largest absolute Gasteiger partial charge is 0.390 e. The summed E-state index contributed by atoms with van der Waals surface area (Å²) in [5.74, 6) is -0.606. The highest BCUT2D eigenvalue weighted by molar-refractivity contribution is 9.10. The van der Waals surface area contributed by atoms with Crippen LogP contribution in [-0.2, 0) is 0 Å². The van der Waals surface area contributed by atoms with Gasteiger partial charge in [-0.05, 0) is 23.8 Å². The highest BCUT2D eigenvalue weighted by Crippen LogP contribution is 2.31. The van der Waals surface area contributed by atoms with Crippen LogP contribution in [0.3, 0.4) is 0 Å². The molecule has 0 fully saturated rings. The normalized spacial score (nSPS) is 14.0. The zero-order valence-corrected chi connectivity index (χ0v) is 9.07. The van der Waals surface area contributed by atoms with Crippen LogP contribution in [0.4, 0.5) is 17.6 Å². The molecular formula is C9H8BrF4N. The standard InChI is InChI=1S/C9H8BrF4N/c10-7-2-1-5(11)3-6(7)8(15)4-9(12,13)14/h1-3,8H,4,15H2/t8-/m0/s1. The van der Waals surface area contributed by atoms with Gasteiger partial charge in [0.2, 0.25) is 0 Å². The molecule has 1 nitrogen and oxygen atoms in total. The number of halogens is 5. The Kier molecular flexibility index (Phi) is 3.72. The molecule has 0 radical (unpaired) electrons. The quantitative estimate of drug-likeness (QED) is 0.827. The van der Waals surface area contributed by atoms with Crippen LogP contribution in [0.1, 0.15) is 18.0 Å². The van der Waals surface area contributed by atoms with Crippen molar-refractivity contribution in [3.8, 4) is 0 Å². The molecule has 1 aromatic carbocycles. The second-order valence-corrected chi connectivity index (χ2v) is 3.95. The first-order chi connectivity index (χ1) is 6.79. The number of rotatable bonds is 2. The van der Waals surface area contributed by atoms with Crippen molar-refractivity contribution >= 4 is 15.9 Å². The minimum Gasteiger partial charge on any atom is -0.324 e. The molecular weight excluding hydrogens is 278 g/mol. The number of nitrogens with two attached hydrogens (primary N) is 1. The molecule has 2 N–H and O–H groups in total. The summed E-state index contributed by atoms with van der Waals surface area (Å²) in [6, 6.07) is 2.23. The molecule has 0 amide bonds. The highest BCUT2D eigenvalue weighted by atomic mass is 79.9. The Balaban J connectivity index is 2.90. The van der Waals surface area contributed by atoms with E-state index in [1.807, 2.05) is 0 Å². The molecule has 0 saturated carbocycles. The van der Waals surface area contributed by atoms with Crippen LogP contribution in [0.25, 0.3) is 0 Å². The molecule has 84 valence electrons. The molecule has 0 aliphatic rings. The van der Waals surface area contributed by atoms with Crippen molar-refractivity contribution in [2.75, 3.05) is 0 Å². The lowest BCUT2D eigenvalue weighted by Crippen LogP contribution is -2.20. The van der Waals surface area contributed by atoms with Crippen molar-refractivity contribution in [3.05, 3.63) is 34.1 Å². The monoisotopic (exact) mass is 285 g/mol. The van der Waals surface area contributed by atoms with Gasteiger partial charge >= 0.3 is 6.18 Å². The maximum Gasteiger partial charge on any atom is 0.390 e. The van der Waals surface area contributed by atoms with E-state index < -0.39 is 24.5 Å². The van der Waals surface area contributed by atoms with Gasteiger partial charge in [0.05, 0.1) is 6.42 Å². The van der Waals surface area contributed by atoms with Crippen molar-refractivity contribution in [1.29, 1.82) is 0 Å². The number of hydrogen-bond acceptors (Lipinski definition) is 1. The van der Waals surface area contributed by atoms with E-state index in [9.17, 15) is 17.6 Å². The van der Waals surface area contributed by atoms with Gasteiger partial charge < -0.3 is 5.73 Å². The zero-order valence-electron chi connectivity index (χ0n) is 7.48. The second-order valence-electron chi connectivity index (χ2n) is 3.09. The Morgan fingerprint density at radius 2 is 1.93 bits per heavy atom. The van der Waals surface area contributed by atoms with Crippen LogP contribution in [0.2, 0.25) is 0 Å². The smallest absolute Gasteiger partial charge is 0.324 e. The summed E-state index contributed by atoms with van der Waals surface area (Å²) >= 11 is 3.02. The summed E-state index contributed by atoms with van der Waals surface area (Å²) in [5, 5.41) is 0. The van der Waals surface area contributed by atoms with Gasteiger partial charge in [-0.3, -0.25) is 0 Å². The Hall–Kier alpha value is -0.620. The molecule has 0 aliphatic heterocycles. The minimum absolute atomic E-state index is 0.118. The van der Waals surface area contributed by atoms with Crippen LogP contribution >= 0.6 is 15.9 Å². The maximum absolute atomic E-state index is 12.8. The lowest BCUT2D eigenvalue weighted by molar-refractivity contribution is -0.138. The van der Waals surface area contributed by atoms with Gasteiger partial charge in [-0.15, -0.1) is 0 Å². The Labute approximate surface area is 92.4 Å². The fourth-order valence-corrected chi connectivity index (χ4v) is 1.70. The first-order valence-electron chi connectivity index (χ1n) is 4.07. The number of benzene rings is 1. The zero-order chi connectivity index (χ0) is 11.6. The molecule has 15 heavy (non-hydrogen) atoms. The molecule has 1 atom stereocenters. The van der Waals surface area contributed by atoms with Crippen molar-refractivity contribution in [2.45, 2.75) is 18.6 Å². The van der Waals surface area contributed by atoms with E-state index in [4.69, 9.17) is 5.73 Å². The maximum atomic E-state index is 12.8. The van der Waals surface area contributed by atoms with Crippen LogP contribution in [0.5, 0.6) is 0 Å². The molecule has 6 heteroatoms. The Morgan fingerprint density at radius 3 is 2.47 bits per heavy atom. The highest BCUT2D eigenvalue weighted by Gasteiger charge is 2.31. The van der Waals surface area contributed by atoms with Crippen LogP contribution in [0.15, 0.2) is 22.7 Å². The summed E-state index contributed by atoms with van der Waals surface area (Å²) in [5.41, 5.74) is 5.45. The number of alkyl halides is 3. The molecule has 0 spiro atoms. The predicted molar refractivity (Wildman–Crippen MR) is 51.7 cm³/mol. The van der Waals surface area contributed by atoms with Gasteiger partial charge in [-0.25, -0.2) is 4.39 Å². The first-order valence-corrected chi connectivity index (χ1v) is 4.86. The third kappa shape index (κ3) is 3.79. The summed E-state index contributed by atoms with van der Waals surface area (Å²) in [7, 11) is 0. The van der Waals surface area contributed by atoms with E-state index in [-0.39, 0.29) is 5.56 Å². The van der Waals surface area contributed by atoms with E-state index in [1.165, 1.54) is 6.07 Å². The lowest BCUT2D eigenvalue weighted by Gasteiger charge is -2.15. The molecule has 0 saturated heterocycles. The Bertz CT molecular complexity index is 350. The summed E-state index contributed by atoms with van der Waals surface area (Å²) in [4.78, 5) is 0. The van der Waals surface area contributed by atoms with Crippen molar-refractivity contribution in [1.82, 2.24) is 0 Å². The Morgan fingerprint density at radius 1 is 1.33 bits per heavy atom. The molecule has 0 aliphatic carbocycles. The minimum atomic E-state index is -4.36. The fraction of sp³-hybridized carbons (Fsp3) is 0.333. The van der Waals surface area contributed by atoms with Crippen molar-refractivity contribution in [3.63, 3.8) is 0 Å². The van der Waals surface area contributed by atoms with Gasteiger partial charge in [0.25, 0.3) is 0 Å². The van der Waals surface area contributed by atoms with E-state index in [0.29, 0.717) is 4.47 Å². The second kappa shape index (κ2) is 4.49. The summed E-state index contributed by atoms with van der Waals surface area (Å²) in [6.07, 6.45) is -5.53. The van der Waals surface area contributed by atoms with Gasteiger partial charge in [-0.2, -0.15) is 13.2 Å². The molecule has 0 aromatic heterocycles. The van der Waals surface area contributed by atoms with Crippen LogP contribution < -0.4 is 5.73 Å². The summed E-state index contributed by atoms with van der Waals surface area (Å²) in [6.45, 7) is 0. The first kappa shape index (κ1) is 12.4. The summed E-state index contributed by atoms with van der Waals surface area (Å²) < 4.78 is 49.3. The van der Waals surface area contributed by atoms with Gasteiger partial charge in [0.1, 0.15) is 5.82 Å². The van der Waals surface area contributed by atoms with Gasteiger partial charge in [0, 0.05) is 10.5 Å². The lowest BCUT2D eigenvalue weighted by atomic mass is 10.0. The average Bonchev–Trinajstić information content (AvgIpc) is 2.06. The third-order valence-corrected chi connectivity index (χ3v) is 2.53. The average molecular weight is 286 g/mol. The van der Waals surface area contributed by atoms with E-state index in [1.54, 1.807) is 0 Å². The predicted octanol–water partition coefficient (Wildman–Crippen LogP) is 3.54. The van der Waals surface area contributed by atoms with E-state index in [2.05, 4.69) is 15.9 Å². The molecule has 0 unspecified atom stereocenters. The fourth-order valence-electron chi connectivity index (χ4n) is 1.16. The topological polar surface area (TPSA) is 26.0 Å². The van der Waals surface area contributed by atoms with E-state index >= 15 is 0 Å². The third-order valence-electron chi connectivity index (χ3n) is 1.81. The van der Waals surface area contributed by atoms with Crippen molar-refractivity contribution < 1.29 is 17.6 Å². The molecule has 0 bridgehead atoms. The number of hydrogen-bond donors (Lipinski definition) is 1. The molecule has 1 rings (SSSR count). The van der Waals surface area contributed by atoms with Crippen LogP contribution in [-0.4, -0.2) is 6.18 Å². The van der Waals surface area contributed by atoms with Crippen molar-refractivity contribution in [2.24, 2.45) is 5.73 Å². The molecule has 1 aromatic rings. The van der Waals surface area contributed by atoms with Gasteiger partial charge in [-0.1, -0.05) is 15.9 Å². The SMILES string of the molecule is N[C@@H](CC(F)(F)F)c1cc(F)ccc1Br. The van der Waals surface area contributed by atoms with Crippen LogP contribution in [0, 0.1) is 5.82 Å². The molecule has 0 heterocycles. The van der Waals surface area contributed by atoms with E-state index in [0.717, 1.165) is 12.1 Å².